The number of phenols is 1. The Bertz CT molecular complexity index is 1010. The number of aryl methyl sites for hydroxylation is 1. The van der Waals surface area contributed by atoms with Gasteiger partial charge in [0.25, 0.3) is 10.0 Å². The predicted octanol–water partition coefficient (Wildman–Crippen LogP) is 4.01. The fraction of sp³-hybridized carbons (Fsp3) is 0.0625. The molecule has 0 bridgehead atoms. The van der Waals surface area contributed by atoms with Gasteiger partial charge in [0.1, 0.15) is 5.75 Å². The zero-order chi connectivity index (χ0) is 18.2. The van der Waals surface area contributed by atoms with Crippen molar-refractivity contribution in [2.45, 2.75) is 4.90 Å². The van der Waals surface area contributed by atoms with Gasteiger partial charge in [-0.1, -0.05) is 11.6 Å². The number of phenolic OH excluding ortho intramolecular Hbond substituents is 1. The Morgan fingerprint density at radius 1 is 1.20 bits per heavy atom. The van der Waals surface area contributed by atoms with E-state index in [0.29, 0.717) is 16.3 Å². The first kappa shape index (κ1) is 17.8. The highest BCUT2D eigenvalue weighted by Gasteiger charge is 2.16. The molecule has 2 N–H and O–H groups in total. The van der Waals surface area contributed by atoms with Gasteiger partial charge in [0, 0.05) is 23.7 Å². The lowest BCUT2D eigenvalue weighted by molar-refractivity contribution is 0.476. The van der Waals surface area contributed by atoms with Crippen LogP contribution in [0.1, 0.15) is 0 Å². The quantitative estimate of drug-likeness (QED) is 0.639. The minimum atomic E-state index is -3.81. The highest BCUT2D eigenvalue weighted by Crippen LogP contribution is 2.33. The van der Waals surface area contributed by atoms with Crippen LogP contribution in [0.25, 0.3) is 11.3 Å². The van der Waals surface area contributed by atoms with Crippen molar-refractivity contribution in [1.82, 2.24) is 9.78 Å². The summed E-state index contributed by atoms with van der Waals surface area (Å²) in [4.78, 5) is 0.0727. The first-order chi connectivity index (χ1) is 11.8. The van der Waals surface area contributed by atoms with Crippen molar-refractivity contribution < 1.29 is 13.5 Å². The van der Waals surface area contributed by atoms with E-state index in [1.807, 2.05) is 0 Å². The van der Waals surface area contributed by atoms with Crippen LogP contribution < -0.4 is 4.72 Å². The zero-order valence-corrected chi connectivity index (χ0v) is 16.1. The van der Waals surface area contributed by atoms with E-state index in [1.165, 1.54) is 36.4 Å². The number of aromatic hydroxyl groups is 1. The topological polar surface area (TPSA) is 84.2 Å². The molecule has 0 saturated carbocycles. The summed E-state index contributed by atoms with van der Waals surface area (Å²) < 4.78 is 29.8. The van der Waals surface area contributed by atoms with Crippen molar-refractivity contribution in [3.05, 3.63) is 58.2 Å². The molecule has 0 spiro atoms. The molecule has 0 aliphatic heterocycles. The standard InChI is InChI=1S/C16H13BrClN3O3S/c1-21-16(15(17)9-19-21)10-6-12(8-13(22)7-10)20-25(23,24)14-4-2-11(18)3-5-14/h2-9,20,22H,1H3. The Kier molecular flexibility index (Phi) is 4.77. The molecule has 0 aliphatic carbocycles. The average Bonchev–Trinajstić information content (AvgIpc) is 2.85. The Labute approximate surface area is 158 Å². The van der Waals surface area contributed by atoms with Crippen molar-refractivity contribution in [2.24, 2.45) is 7.05 Å². The maximum atomic E-state index is 12.5. The summed E-state index contributed by atoms with van der Waals surface area (Å²) in [6, 6.07) is 10.3. The van der Waals surface area contributed by atoms with Crippen LogP contribution in [0.3, 0.4) is 0 Å². The molecule has 0 radical (unpaired) electrons. The van der Waals surface area contributed by atoms with Gasteiger partial charge in [-0.05, 0) is 52.3 Å². The number of rotatable bonds is 4. The first-order valence-corrected chi connectivity index (χ1v) is 9.72. The highest BCUT2D eigenvalue weighted by atomic mass is 79.9. The van der Waals surface area contributed by atoms with E-state index in [2.05, 4.69) is 25.8 Å². The van der Waals surface area contributed by atoms with Gasteiger partial charge in [-0.15, -0.1) is 0 Å². The molecule has 1 heterocycles. The van der Waals surface area contributed by atoms with Gasteiger partial charge < -0.3 is 5.11 Å². The summed E-state index contributed by atoms with van der Waals surface area (Å²) in [6.45, 7) is 0. The second-order valence-corrected chi connectivity index (χ2v) is 8.27. The molecule has 0 unspecified atom stereocenters. The molecule has 25 heavy (non-hydrogen) atoms. The van der Waals surface area contributed by atoms with Crippen LogP contribution in [-0.4, -0.2) is 23.3 Å². The van der Waals surface area contributed by atoms with Crippen LogP contribution in [-0.2, 0) is 17.1 Å². The normalized spacial score (nSPS) is 11.5. The lowest BCUT2D eigenvalue weighted by Crippen LogP contribution is -2.12. The molecular weight excluding hydrogens is 430 g/mol. The zero-order valence-electron chi connectivity index (χ0n) is 12.9. The number of sulfonamides is 1. The number of hydrogen-bond acceptors (Lipinski definition) is 4. The van der Waals surface area contributed by atoms with E-state index < -0.39 is 10.0 Å². The molecule has 1 aromatic heterocycles. The molecule has 0 atom stereocenters. The number of halogens is 2. The van der Waals surface area contributed by atoms with Crippen molar-refractivity contribution in [2.75, 3.05) is 4.72 Å². The van der Waals surface area contributed by atoms with Crippen molar-refractivity contribution in [3.8, 4) is 17.0 Å². The van der Waals surface area contributed by atoms with Crippen LogP contribution in [0, 0.1) is 0 Å². The summed E-state index contributed by atoms with van der Waals surface area (Å²) in [5.74, 6) is -0.0700. The molecule has 130 valence electrons. The van der Waals surface area contributed by atoms with E-state index in [-0.39, 0.29) is 16.3 Å². The number of nitrogens with one attached hydrogen (secondary N) is 1. The summed E-state index contributed by atoms with van der Waals surface area (Å²) >= 11 is 9.18. The number of anilines is 1. The van der Waals surface area contributed by atoms with Crippen LogP contribution in [0.2, 0.25) is 5.02 Å². The fourth-order valence-electron chi connectivity index (χ4n) is 2.37. The number of nitrogens with zero attached hydrogens (tertiary/aromatic N) is 2. The lowest BCUT2D eigenvalue weighted by atomic mass is 10.1. The Balaban J connectivity index is 2.00. The van der Waals surface area contributed by atoms with Crippen molar-refractivity contribution in [1.29, 1.82) is 0 Å². The van der Waals surface area contributed by atoms with Gasteiger partial charge in [-0.25, -0.2) is 8.42 Å². The molecule has 0 amide bonds. The minimum absolute atomic E-state index is 0.0700. The summed E-state index contributed by atoms with van der Waals surface area (Å²) in [6.07, 6.45) is 1.62. The summed E-state index contributed by atoms with van der Waals surface area (Å²) in [5.41, 5.74) is 1.56. The SMILES string of the molecule is Cn1ncc(Br)c1-c1cc(O)cc(NS(=O)(=O)c2ccc(Cl)cc2)c1. The largest absolute Gasteiger partial charge is 0.508 e. The molecule has 0 aliphatic rings. The molecule has 2 aromatic carbocycles. The van der Waals surface area contributed by atoms with Crippen LogP contribution in [0.4, 0.5) is 5.69 Å². The first-order valence-electron chi connectivity index (χ1n) is 7.06. The lowest BCUT2D eigenvalue weighted by Gasteiger charge is -2.11. The van der Waals surface area contributed by atoms with Crippen molar-refractivity contribution >= 4 is 43.2 Å². The maximum absolute atomic E-state index is 12.5. The number of hydrogen-bond donors (Lipinski definition) is 2. The van der Waals surface area contributed by atoms with Crippen LogP contribution in [0.5, 0.6) is 5.75 Å². The second kappa shape index (κ2) is 6.70. The fourth-order valence-corrected chi connectivity index (χ4v) is 4.11. The third-order valence-electron chi connectivity index (χ3n) is 3.46. The van der Waals surface area contributed by atoms with Crippen LogP contribution >= 0.6 is 27.5 Å². The summed E-state index contributed by atoms with van der Waals surface area (Å²) in [5, 5.41) is 14.5. The maximum Gasteiger partial charge on any atom is 0.261 e. The molecular formula is C16H13BrClN3O3S. The molecule has 9 heteroatoms. The number of aromatic nitrogens is 2. The second-order valence-electron chi connectivity index (χ2n) is 5.29. The van der Waals surface area contributed by atoms with Gasteiger partial charge in [-0.2, -0.15) is 5.10 Å². The van der Waals surface area contributed by atoms with Crippen molar-refractivity contribution in [3.63, 3.8) is 0 Å². The third kappa shape index (κ3) is 3.81. The Morgan fingerprint density at radius 3 is 2.48 bits per heavy atom. The molecule has 3 aromatic rings. The summed E-state index contributed by atoms with van der Waals surface area (Å²) in [7, 11) is -2.05. The van der Waals surface area contributed by atoms with Gasteiger partial charge in [0.05, 0.1) is 26.9 Å². The van der Waals surface area contributed by atoms with E-state index >= 15 is 0 Å². The number of benzene rings is 2. The Hall–Kier alpha value is -2.03. The van der Waals surface area contributed by atoms with Crippen LogP contribution in [0.15, 0.2) is 58.0 Å². The Morgan fingerprint density at radius 2 is 1.88 bits per heavy atom. The van der Waals surface area contributed by atoms with Gasteiger partial charge in [0.2, 0.25) is 0 Å². The molecule has 3 rings (SSSR count). The van der Waals surface area contributed by atoms with E-state index in [9.17, 15) is 13.5 Å². The van der Waals surface area contributed by atoms with Gasteiger partial charge in [0.15, 0.2) is 0 Å². The van der Waals surface area contributed by atoms with Gasteiger partial charge in [-0.3, -0.25) is 9.40 Å². The van der Waals surface area contributed by atoms with E-state index in [0.717, 1.165) is 4.47 Å². The highest BCUT2D eigenvalue weighted by molar-refractivity contribution is 9.10. The minimum Gasteiger partial charge on any atom is -0.508 e. The molecule has 0 saturated heterocycles. The van der Waals surface area contributed by atoms with Gasteiger partial charge >= 0.3 is 0 Å². The monoisotopic (exact) mass is 441 g/mol. The predicted molar refractivity (Wildman–Crippen MR) is 100 cm³/mol. The molecule has 0 fully saturated rings. The smallest absolute Gasteiger partial charge is 0.261 e. The third-order valence-corrected chi connectivity index (χ3v) is 5.69. The average molecular weight is 443 g/mol. The molecule has 6 nitrogen and oxygen atoms in total. The van der Waals surface area contributed by atoms with E-state index in [1.54, 1.807) is 24.0 Å². The van der Waals surface area contributed by atoms with E-state index in [4.69, 9.17) is 11.6 Å².